The molecule has 0 unspecified atom stereocenters. The molecule has 0 aliphatic carbocycles. The minimum absolute atomic E-state index is 0.203. The molecular weight excluding hydrogens is 346 g/mol. The summed E-state index contributed by atoms with van der Waals surface area (Å²) in [4.78, 5) is 26.8. The smallest absolute Gasteiger partial charge is 0.255 e. The maximum atomic E-state index is 12.5. The predicted octanol–water partition coefficient (Wildman–Crippen LogP) is 2.00. The van der Waals surface area contributed by atoms with Gasteiger partial charge in [-0.05, 0) is 44.4 Å². The number of amides is 2. The maximum absolute atomic E-state index is 12.5. The van der Waals surface area contributed by atoms with E-state index in [9.17, 15) is 9.59 Å². The van der Waals surface area contributed by atoms with Crippen LogP contribution in [0.2, 0.25) is 0 Å². The lowest BCUT2D eigenvalue weighted by Gasteiger charge is -2.19. The van der Waals surface area contributed by atoms with Crippen molar-refractivity contribution < 1.29 is 19.1 Å². The zero-order valence-corrected chi connectivity index (χ0v) is 15.5. The van der Waals surface area contributed by atoms with Gasteiger partial charge in [-0.2, -0.15) is 0 Å². The van der Waals surface area contributed by atoms with Gasteiger partial charge < -0.3 is 25.0 Å². The van der Waals surface area contributed by atoms with Gasteiger partial charge in [-0.3, -0.25) is 9.59 Å². The first-order chi connectivity index (χ1) is 13.0. The Kier molecular flexibility index (Phi) is 5.93. The number of fused-ring (bicyclic) bond motifs is 1. The van der Waals surface area contributed by atoms with Crippen LogP contribution in [-0.4, -0.2) is 57.1 Å². The van der Waals surface area contributed by atoms with E-state index in [1.807, 2.05) is 19.0 Å². The molecule has 2 amide bonds. The number of carbonyl (C=O) groups is 2. The Labute approximate surface area is 158 Å². The first-order valence-corrected chi connectivity index (χ1v) is 8.77. The second-order valence-corrected chi connectivity index (χ2v) is 6.45. The number of hydrogen-bond acceptors (Lipinski definition) is 5. The van der Waals surface area contributed by atoms with Gasteiger partial charge in [0.1, 0.15) is 13.2 Å². The van der Waals surface area contributed by atoms with Gasteiger partial charge in [-0.1, -0.05) is 6.07 Å². The van der Waals surface area contributed by atoms with Gasteiger partial charge >= 0.3 is 0 Å². The number of rotatable bonds is 6. The zero-order valence-electron chi connectivity index (χ0n) is 15.5. The SMILES string of the molecule is CN(C)CCNC(=O)c1cccc(C(=O)Nc2ccc3c(c2)OCCO3)c1. The van der Waals surface area contributed by atoms with E-state index < -0.39 is 0 Å². The molecule has 1 aliphatic rings. The quantitative estimate of drug-likeness (QED) is 0.814. The summed E-state index contributed by atoms with van der Waals surface area (Å²) >= 11 is 0. The largest absolute Gasteiger partial charge is 0.486 e. The summed E-state index contributed by atoms with van der Waals surface area (Å²) in [5.41, 5.74) is 1.46. The third-order valence-electron chi connectivity index (χ3n) is 4.03. The summed E-state index contributed by atoms with van der Waals surface area (Å²) in [6.07, 6.45) is 0. The number of ether oxygens (including phenoxy) is 2. The summed E-state index contributed by atoms with van der Waals surface area (Å²) in [5.74, 6) is 0.768. The standard InChI is InChI=1S/C20H23N3O4/c1-23(2)9-8-21-19(24)14-4-3-5-15(12-14)20(25)22-16-6-7-17-18(13-16)27-11-10-26-17/h3-7,12-13H,8-11H2,1-2H3,(H,21,24)(H,22,25). The topological polar surface area (TPSA) is 79.9 Å². The normalized spacial score (nSPS) is 12.6. The van der Waals surface area contributed by atoms with E-state index in [0.29, 0.717) is 48.1 Å². The summed E-state index contributed by atoms with van der Waals surface area (Å²) in [6.45, 7) is 2.28. The second-order valence-electron chi connectivity index (χ2n) is 6.45. The summed E-state index contributed by atoms with van der Waals surface area (Å²) in [7, 11) is 3.88. The number of anilines is 1. The van der Waals surface area contributed by atoms with Crippen LogP contribution in [-0.2, 0) is 0 Å². The summed E-state index contributed by atoms with van der Waals surface area (Å²) < 4.78 is 11.0. The Bertz CT molecular complexity index is 836. The van der Waals surface area contributed by atoms with Gasteiger partial charge in [0.15, 0.2) is 11.5 Å². The third kappa shape index (κ3) is 4.98. The Morgan fingerprint density at radius 2 is 1.67 bits per heavy atom. The number of carbonyl (C=O) groups excluding carboxylic acids is 2. The Hall–Kier alpha value is -3.06. The minimum Gasteiger partial charge on any atom is -0.486 e. The van der Waals surface area contributed by atoms with E-state index in [1.165, 1.54) is 0 Å². The molecule has 2 N–H and O–H groups in total. The lowest BCUT2D eigenvalue weighted by atomic mass is 10.1. The van der Waals surface area contributed by atoms with E-state index in [2.05, 4.69) is 10.6 Å². The van der Waals surface area contributed by atoms with Gasteiger partial charge in [-0.15, -0.1) is 0 Å². The monoisotopic (exact) mass is 369 g/mol. The minimum atomic E-state index is -0.297. The van der Waals surface area contributed by atoms with Crippen molar-refractivity contribution in [2.75, 3.05) is 45.7 Å². The molecule has 0 fully saturated rings. The Balaban J connectivity index is 1.65. The van der Waals surface area contributed by atoms with Crippen LogP contribution < -0.4 is 20.1 Å². The van der Waals surface area contributed by atoms with Crippen LogP contribution in [0.15, 0.2) is 42.5 Å². The molecule has 0 aromatic heterocycles. The maximum Gasteiger partial charge on any atom is 0.255 e. The van der Waals surface area contributed by atoms with E-state index in [4.69, 9.17) is 9.47 Å². The fourth-order valence-corrected chi connectivity index (χ4v) is 2.62. The van der Waals surface area contributed by atoms with Crippen LogP contribution in [0.5, 0.6) is 11.5 Å². The molecule has 2 aromatic carbocycles. The molecule has 27 heavy (non-hydrogen) atoms. The molecule has 7 heteroatoms. The molecule has 3 rings (SSSR count). The second kappa shape index (κ2) is 8.55. The molecule has 142 valence electrons. The van der Waals surface area contributed by atoms with E-state index in [-0.39, 0.29) is 11.8 Å². The van der Waals surface area contributed by atoms with Crippen LogP contribution in [0.25, 0.3) is 0 Å². The van der Waals surface area contributed by atoms with Crippen molar-refractivity contribution >= 4 is 17.5 Å². The zero-order chi connectivity index (χ0) is 19.2. The molecule has 1 heterocycles. The van der Waals surface area contributed by atoms with Gasteiger partial charge in [0.2, 0.25) is 0 Å². The number of likely N-dealkylation sites (N-methyl/N-ethyl adjacent to an activating group) is 1. The van der Waals surface area contributed by atoms with Gasteiger partial charge in [0.25, 0.3) is 11.8 Å². The predicted molar refractivity (Wildman–Crippen MR) is 103 cm³/mol. The number of nitrogens with one attached hydrogen (secondary N) is 2. The highest BCUT2D eigenvalue weighted by atomic mass is 16.6. The molecule has 0 saturated carbocycles. The van der Waals surface area contributed by atoms with Gasteiger partial charge in [0, 0.05) is 36.0 Å². The number of nitrogens with zero attached hydrogens (tertiary/aromatic N) is 1. The highest BCUT2D eigenvalue weighted by Crippen LogP contribution is 2.32. The van der Waals surface area contributed by atoms with Crippen molar-refractivity contribution in [1.29, 1.82) is 0 Å². The summed E-state index contributed by atoms with van der Waals surface area (Å²) in [5, 5.41) is 5.66. The van der Waals surface area contributed by atoms with Crippen LogP contribution in [0.1, 0.15) is 20.7 Å². The molecule has 1 aliphatic heterocycles. The van der Waals surface area contributed by atoms with Gasteiger partial charge in [0.05, 0.1) is 0 Å². The van der Waals surface area contributed by atoms with Crippen molar-refractivity contribution in [3.63, 3.8) is 0 Å². The third-order valence-corrected chi connectivity index (χ3v) is 4.03. The van der Waals surface area contributed by atoms with Crippen LogP contribution in [0, 0.1) is 0 Å². The molecule has 0 bridgehead atoms. The first kappa shape index (κ1) is 18.7. The molecular formula is C20H23N3O4. The van der Waals surface area contributed by atoms with E-state index in [0.717, 1.165) is 6.54 Å². The summed E-state index contributed by atoms with van der Waals surface area (Å²) in [6, 6.07) is 11.9. The highest BCUT2D eigenvalue weighted by Gasteiger charge is 2.14. The average Bonchev–Trinajstić information content (AvgIpc) is 2.67. The van der Waals surface area contributed by atoms with Crippen LogP contribution in [0.4, 0.5) is 5.69 Å². The molecule has 0 atom stereocenters. The molecule has 7 nitrogen and oxygen atoms in total. The van der Waals surface area contributed by atoms with Crippen molar-refractivity contribution in [2.24, 2.45) is 0 Å². The van der Waals surface area contributed by atoms with Crippen molar-refractivity contribution in [2.45, 2.75) is 0 Å². The van der Waals surface area contributed by atoms with Crippen LogP contribution >= 0.6 is 0 Å². The first-order valence-electron chi connectivity index (χ1n) is 8.77. The average molecular weight is 369 g/mol. The van der Waals surface area contributed by atoms with E-state index >= 15 is 0 Å². The lowest BCUT2D eigenvalue weighted by molar-refractivity contribution is 0.0951. The van der Waals surface area contributed by atoms with Crippen LogP contribution in [0.3, 0.4) is 0 Å². The highest BCUT2D eigenvalue weighted by molar-refractivity contribution is 6.06. The Morgan fingerprint density at radius 1 is 0.963 bits per heavy atom. The van der Waals surface area contributed by atoms with Crippen molar-refractivity contribution in [3.8, 4) is 11.5 Å². The Morgan fingerprint density at radius 3 is 2.41 bits per heavy atom. The number of hydrogen-bond donors (Lipinski definition) is 2. The molecule has 0 radical (unpaired) electrons. The van der Waals surface area contributed by atoms with Gasteiger partial charge in [-0.25, -0.2) is 0 Å². The fourth-order valence-electron chi connectivity index (χ4n) is 2.62. The molecule has 0 saturated heterocycles. The van der Waals surface area contributed by atoms with Crippen molar-refractivity contribution in [3.05, 3.63) is 53.6 Å². The molecule has 0 spiro atoms. The van der Waals surface area contributed by atoms with Crippen molar-refractivity contribution in [1.82, 2.24) is 10.2 Å². The number of benzene rings is 2. The van der Waals surface area contributed by atoms with E-state index in [1.54, 1.807) is 42.5 Å². The molecule has 2 aromatic rings. The lowest BCUT2D eigenvalue weighted by Crippen LogP contribution is -2.31. The fraction of sp³-hybridized carbons (Fsp3) is 0.300.